The van der Waals surface area contributed by atoms with E-state index in [1.807, 2.05) is 6.07 Å². The number of hydrogen-bond acceptors (Lipinski definition) is 4. The third-order valence-corrected chi connectivity index (χ3v) is 3.86. The van der Waals surface area contributed by atoms with Gasteiger partial charge in [0.1, 0.15) is 0 Å². The molecule has 0 aromatic heterocycles. The van der Waals surface area contributed by atoms with Gasteiger partial charge >= 0.3 is 5.97 Å². The first-order chi connectivity index (χ1) is 12.1. The fraction of sp³-hybridized carbons (Fsp3) is 0.211. The molecule has 0 saturated heterocycles. The van der Waals surface area contributed by atoms with Crippen LogP contribution in [0.3, 0.4) is 0 Å². The normalized spacial score (nSPS) is 12.3. The van der Waals surface area contributed by atoms with E-state index in [9.17, 15) is 14.4 Å². The number of para-hydroxylation sites is 1. The van der Waals surface area contributed by atoms with Gasteiger partial charge in [-0.3, -0.25) is 9.59 Å². The third-order valence-electron chi connectivity index (χ3n) is 3.86. The van der Waals surface area contributed by atoms with Crippen LogP contribution in [0.1, 0.15) is 28.4 Å². The monoisotopic (exact) mass is 338 g/mol. The maximum absolute atomic E-state index is 12.3. The van der Waals surface area contributed by atoms with Gasteiger partial charge in [-0.15, -0.1) is 0 Å². The molecular formula is C19H18N2O4. The molecule has 0 radical (unpaired) electrons. The van der Waals surface area contributed by atoms with Crippen molar-refractivity contribution >= 4 is 29.2 Å². The van der Waals surface area contributed by atoms with Gasteiger partial charge in [0.15, 0.2) is 0 Å². The van der Waals surface area contributed by atoms with Gasteiger partial charge in [-0.25, -0.2) is 4.79 Å². The van der Waals surface area contributed by atoms with Gasteiger partial charge in [0.2, 0.25) is 11.8 Å². The number of benzene rings is 2. The molecule has 2 aromatic rings. The molecule has 6 nitrogen and oxygen atoms in total. The number of rotatable bonds is 5. The Bertz CT molecular complexity index is 845. The van der Waals surface area contributed by atoms with Crippen LogP contribution in [0.4, 0.5) is 11.4 Å². The highest BCUT2D eigenvalue weighted by Gasteiger charge is 2.18. The second kappa shape index (κ2) is 7.17. The summed E-state index contributed by atoms with van der Waals surface area (Å²) in [6.07, 6.45) is 0.481. The lowest BCUT2D eigenvalue weighted by Crippen LogP contribution is -2.17. The van der Waals surface area contributed by atoms with Crippen LogP contribution in [0.25, 0.3) is 0 Å². The van der Waals surface area contributed by atoms with Gasteiger partial charge in [0.05, 0.1) is 30.7 Å². The largest absolute Gasteiger partial charge is 0.462 e. The van der Waals surface area contributed by atoms with Gasteiger partial charge < -0.3 is 15.4 Å². The van der Waals surface area contributed by atoms with Crippen molar-refractivity contribution in [2.75, 3.05) is 17.2 Å². The van der Waals surface area contributed by atoms with Crippen LogP contribution in [0.5, 0.6) is 0 Å². The van der Waals surface area contributed by atoms with Crippen molar-refractivity contribution in [1.29, 1.82) is 0 Å². The Kier molecular flexibility index (Phi) is 4.79. The zero-order valence-electron chi connectivity index (χ0n) is 13.8. The fourth-order valence-electron chi connectivity index (χ4n) is 2.75. The molecule has 1 heterocycles. The number of amides is 2. The first-order valence-corrected chi connectivity index (χ1v) is 8.04. The molecule has 2 aromatic carbocycles. The Morgan fingerprint density at radius 3 is 2.80 bits per heavy atom. The van der Waals surface area contributed by atoms with E-state index in [2.05, 4.69) is 10.6 Å². The van der Waals surface area contributed by atoms with Crippen LogP contribution in [0.2, 0.25) is 0 Å². The summed E-state index contributed by atoms with van der Waals surface area (Å²) in [6, 6.07) is 12.2. The molecule has 1 aliphatic heterocycles. The highest BCUT2D eigenvalue weighted by Crippen LogP contribution is 2.24. The molecular weight excluding hydrogens is 320 g/mol. The summed E-state index contributed by atoms with van der Waals surface area (Å²) < 4.78 is 5.00. The van der Waals surface area contributed by atoms with Crippen molar-refractivity contribution in [2.24, 2.45) is 0 Å². The quantitative estimate of drug-likeness (QED) is 0.821. The molecule has 0 saturated carbocycles. The minimum atomic E-state index is -0.472. The number of nitrogens with one attached hydrogen (secondary N) is 2. The highest BCUT2D eigenvalue weighted by atomic mass is 16.5. The molecule has 2 N–H and O–H groups in total. The van der Waals surface area contributed by atoms with Crippen molar-refractivity contribution in [1.82, 2.24) is 0 Å². The van der Waals surface area contributed by atoms with E-state index in [0.717, 1.165) is 16.8 Å². The molecule has 0 atom stereocenters. The summed E-state index contributed by atoms with van der Waals surface area (Å²) >= 11 is 0. The second-order valence-corrected chi connectivity index (χ2v) is 5.71. The standard InChI is InChI=1S/C19H18N2O4/c1-2-25-19(24)14-5-3-4-6-16(14)21-17(22)10-12-7-8-15-13(9-12)11-18(23)20-15/h3-9H,2,10-11H2,1H3,(H,20,23)(H,21,22). The summed E-state index contributed by atoms with van der Waals surface area (Å²) in [4.78, 5) is 35.7. The Hall–Kier alpha value is -3.15. The van der Waals surface area contributed by atoms with Crippen LogP contribution in [0.15, 0.2) is 42.5 Å². The maximum atomic E-state index is 12.3. The van der Waals surface area contributed by atoms with E-state index in [1.54, 1.807) is 43.3 Å². The number of carbonyl (C=O) groups excluding carboxylic acids is 3. The highest BCUT2D eigenvalue weighted by molar-refractivity contribution is 6.02. The first kappa shape index (κ1) is 16.7. The zero-order valence-corrected chi connectivity index (χ0v) is 13.8. The molecule has 0 aliphatic carbocycles. The smallest absolute Gasteiger partial charge is 0.340 e. The average molecular weight is 338 g/mol. The van der Waals surface area contributed by atoms with Gasteiger partial charge in [0.25, 0.3) is 0 Å². The van der Waals surface area contributed by atoms with Gasteiger partial charge in [-0.1, -0.05) is 24.3 Å². The summed E-state index contributed by atoms with van der Waals surface area (Å²) in [5.41, 5.74) is 3.23. The molecule has 0 spiro atoms. The number of esters is 1. The Morgan fingerprint density at radius 2 is 2.00 bits per heavy atom. The lowest BCUT2D eigenvalue weighted by molar-refractivity contribution is -0.116. The summed E-state index contributed by atoms with van der Waals surface area (Å²) in [5, 5.41) is 5.51. The predicted octanol–water partition coefficient (Wildman–Crippen LogP) is 2.54. The molecule has 0 unspecified atom stereocenters. The van der Waals surface area contributed by atoms with Crippen molar-refractivity contribution in [3.63, 3.8) is 0 Å². The van der Waals surface area contributed by atoms with E-state index in [-0.39, 0.29) is 24.8 Å². The molecule has 1 aliphatic rings. The van der Waals surface area contributed by atoms with Crippen LogP contribution >= 0.6 is 0 Å². The minimum absolute atomic E-state index is 0.0417. The molecule has 25 heavy (non-hydrogen) atoms. The topological polar surface area (TPSA) is 84.5 Å². The van der Waals surface area contributed by atoms with E-state index in [0.29, 0.717) is 17.7 Å². The minimum Gasteiger partial charge on any atom is -0.462 e. The Morgan fingerprint density at radius 1 is 1.20 bits per heavy atom. The number of fused-ring (bicyclic) bond motifs is 1. The van der Waals surface area contributed by atoms with Crippen LogP contribution < -0.4 is 10.6 Å². The Balaban J connectivity index is 1.71. The molecule has 0 bridgehead atoms. The van der Waals surface area contributed by atoms with E-state index < -0.39 is 5.97 Å². The molecule has 2 amide bonds. The zero-order chi connectivity index (χ0) is 17.8. The third kappa shape index (κ3) is 3.85. The fourth-order valence-corrected chi connectivity index (χ4v) is 2.75. The van der Waals surface area contributed by atoms with Crippen LogP contribution in [-0.4, -0.2) is 24.4 Å². The summed E-state index contributed by atoms with van der Waals surface area (Å²) in [7, 11) is 0. The lowest BCUT2D eigenvalue weighted by atomic mass is 10.1. The molecule has 6 heteroatoms. The second-order valence-electron chi connectivity index (χ2n) is 5.71. The van der Waals surface area contributed by atoms with E-state index in [1.165, 1.54) is 0 Å². The van der Waals surface area contributed by atoms with Crippen LogP contribution in [-0.2, 0) is 27.2 Å². The number of carbonyl (C=O) groups is 3. The van der Waals surface area contributed by atoms with Gasteiger partial charge in [-0.05, 0) is 36.2 Å². The number of ether oxygens (including phenoxy) is 1. The predicted molar refractivity (Wildman–Crippen MR) is 93.5 cm³/mol. The molecule has 128 valence electrons. The first-order valence-electron chi connectivity index (χ1n) is 8.04. The van der Waals surface area contributed by atoms with Gasteiger partial charge in [0, 0.05) is 5.69 Å². The van der Waals surface area contributed by atoms with Crippen molar-refractivity contribution in [3.8, 4) is 0 Å². The SMILES string of the molecule is CCOC(=O)c1ccccc1NC(=O)Cc1ccc2c(c1)CC(=O)N2. The summed E-state index contributed by atoms with van der Waals surface area (Å²) in [6.45, 7) is 2.00. The van der Waals surface area contributed by atoms with Crippen molar-refractivity contribution in [2.45, 2.75) is 19.8 Å². The van der Waals surface area contributed by atoms with Gasteiger partial charge in [-0.2, -0.15) is 0 Å². The average Bonchev–Trinajstić information content (AvgIpc) is 2.94. The van der Waals surface area contributed by atoms with Crippen LogP contribution in [0, 0.1) is 0 Å². The Labute approximate surface area is 145 Å². The summed E-state index contributed by atoms with van der Waals surface area (Å²) in [5.74, 6) is -0.755. The number of anilines is 2. The van der Waals surface area contributed by atoms with Crippen molar-refractivity contribution in [3.05, 3.63) is 59.2 Å². The number of hydrogen-bond donors (Lipinski definition) is 2. The molecule has 0 fully saturated rings. The van der Waals surface area contributed by atoms with E-state index >= 15 is 0 Å². The maximum Gasteiger partial charge on any atom is 0.340 e. The molecule has 3 rings (SSSR count). The lowest BCUT2D eigenvalue weighted by Gasteiger charge is -2.10. The van der Waals surface area contributed by atoms with E-state index in [4.69, 9.17) is 4.74 Å². The van der Waals surface area contributed by atoms with Crippen molar-refractivity contribution < 1.29 is 19.1 Å².